The fourth-order valence-electron chi connectivity index (χ4n) is 1.38. The molecule has 0 aliphatic rings. The summed E-state index contributed by atoms with van der Waals surface area (Å²) in [6, 6.07) is 9.18. The molecular weight excluding hydrogens is 238 g/mol. The summed E-state index contributed by atoms with van der Waals surface area (Å²) in [5, 5.41) is 3.83. The monoisotopic (exact) mass is 249 g/mol. The van der Waals surface area contributed by atoms with Crippen LogP contribution in [0.4, 0.5) is 17.5 Å². The van der Waals surface area contributed by atoms with Crippen LogP contribution in [0.5, 0.6) is 0 Å². The molecule has 2 rings (SSSR count). The number of hydrogen-bond acceptors (Lipinski definition) is 5. The van der Waals surface area contributed by atoms with Crippen LogP contribution >= 0.6 is 11.6 Å². The summed E-state index contributed by atoms with van der Waals surface area (Å²) in [4.78, 5) is 8.28. The number of nitrogens with two attached hydrogens (primary N) is 1. The normalized spacial score (nSPS) is 10.1. The van der Waals surface area contributed by atoms with E-state index in [0.717, 1.165) is 11.4 Å². The Morgan fingerprint density at radius 3 is 2.53 bits per heavy atom. The van der Waals surface area contributed by atoms with Crippen molar-refractivity contribution in [3.63, 3.8) is 0 Å². The highest BCUT2D eigenvalue weighted by Crippen LogP contribution is 2.18. The quantitative estimate of drug-likeness (QED) is 0.576. The Bertz CT molecular complexity index is 512. The van der Waals surface area contributed by atoms with Crippen LogP contribution in [0.1, 0.15) is 5.69 Å². The Morgan fingerprint density at radius 1 is 1.18 bits per heavy atom. The molecule has 0 spiro atoms. The molecule has 0 saturated heterocycles. The zero-order valence-corrected chi connectivity index (χ0v) is 9.99. The fourth-order valence-corrected chi connectivity index (χ4v) is 1.50. The molecule has 1 aromatic heterocycles. The highest BCUT2D eigenvalue weighted by atomic mass is 35.5. The Balaban J connectivity index is 2.23. The van der Waals surface area contributed by atoms with E-state index in [1.54, 1.807) is 12.1 Å². The predicted octanol–water partition coefficient (Wildman–Crippen LogP) is 2.47. The molecular formula is C11H12ClN5. The first-order valence-electron chi connectivity index (χ1n) is 5.02. The molecule has 17 heavy (non-hydrogen) atoms. The zero-order valence-electron chi connectivity index (χ0n) is 9.24. The van der Waals surface area contributed by atoms with Gasteiger partial charge in [0.15, 0.2) is 0 Å². The molecule has 0 atom stereocenters. The largest absolute Gasteiger partial charge is 0.340 e. The highest BCUT2D eigenvalue weighted by molar-refractivity contribution is 6.30. The van der Waals surface area contributed by atoms with Crippen LogP contribution in [0.3, 0.4) is 0 Å². The molecule has 1 aromatic carbocycles. The van der Waals surface area contributed by atoms with Crippen molar-refractivity contribution >= 4 is 29.1 Å². The van der Waals surface area contributed by atoms with E-state index >= 15 is 0 Å². The van der Waals surface area contributed by atoms with Crippen molar-refractivity contribution in [3.8, 4) is 0 Å². The Hall–Kier alpha value is -1.85. The van der Waals surface area contributed by atoms with Crippen molar-refractivity contribution in [3.05, 3.63) is 41.0 Å². The van der Waals surface area contributed by atoms with Gasteiger partial charge in [0, 0.05) is 22.5 Å². The van der Waals surface area contributed by atoms with E-state index in [2.05, 4.69) is 20.7 Å². The van der Waals surface area contributed by atoms with Gasteiger partial charge in [-0.15, -0.1) is 0 Å². The van der Waals surface area contributed by atoms with E-state index in [1.807, 2.05) is 25.1 Å². The van der Waals surface area contributed by atoms with Gasteiger partial charge in [-0.1, -0.05) is 11.6 Å². The second-order valence-corrected chi connectivity index (χ2v) is 3.93. The third-order valence-corrected chi connectivity index (χ3v) is 2.35. The maximum absolute atomic E-state index is 5.81. The van der Waals surface area contributed by atoms with Crippen LogP contribution in [-0.4, -0.2) is 9.97 Å². The number of aromatic nitrogens is 2. The third kappa shape index (κ3) is 3.05. The van der Waals surface area contributed by atoms with E-state index in [-0.39, 0.29) is 0 Å². The molecule has 0 aliphatic carbocycles. The first-order valence-corrected chi connectivity index (χ1v) is 5.40. The number of benzene rings is 1. The summed E-state index contributed by atoms with van der Waals surface area (Å²) in [6.07, 6.45) is 0. The number of nitrogens with zero attached hydrogens (tertiary/aromatic N) is 2. The summed E-state index contributed by atoms with van der Waals surface area (Å²) in [5.74, 6) is 6.33. The standard InChI is InChI=1S/C11H12ClN5/c1-7-6-10(16-11(14-7)17-13)15-9-4-2-8(12)3-5-9/h2-6H,13H2,1H3,(H2,14,15,16,17). The lowest BCUT2D eigenvalue weighted by Gasteiger charge is -2.08. The van der Waals surface area contributed by atoms with Crippen LogP contribution in [0.15, 0.2) is 30.3 Å². The summed E-state index contributed by atoms with van der Waals surface area (Å²) in [7, 11) is 0. The molecule has 0 amide bonds. The van der Waals surface area contributed by atoms with Gasteiger partial charge in [0.25, 0.3) is 0 Å². The predicted molar refractivity (Wildman–Crippen MR) is 69.3 cm³/mol. The molecule has 2 aromatic rings. The van der Waals surface area contributed by atoms with Crippen molar-refractivity contribution in [2.45, 2.75) is 6.92 Å². The van der Waals surface area contributed by atoms with Crippen LogP contribution in [0.2, 0.25) is 5.02 Å². The van der Waals surface area contributed by atoms with E-state index < -0.39 is 0 Å². The Labute approximate surface area is 104 Å². The third-order valence-electron chi connectivity index (χ3n) is 2.10. The molecule has 4 N–H and O–H groups in total. The summed E-state index contributed by atoms with van der Waals surface area (Å²) < 4.78 is 0. The molecule has 5 nitrogen and oxygen atoms in total. The second kappa shape index (κ2) is 4.99. The molecule has 6 heteroatoms. The summed E-state index contributed by atoms with van der Waals surface area (Å²) in [5.41, 5.74) is 4.14. The van der Waals surface area contributed by atoms with E-state index in [1.165, 1.54) is 0 Å². The van der Waals surface area contributed by atoms with Crippen molar-refractivity contribution in [2.24, 2.45) is 5.84 Å². The number of aryl methyl sites for hydroxylation is 1. The van der Waals surface area contributed by atoms with Crippen LogP contribution < -0.4 is 16.6 Å². The van der Waals surface area contributed by atoms with Crippen LogP contribution in [0.25, 0.3) is 0 Å². The molecule has 0 saturated carbocycles. The average molecular weight is 250 g/mol. The van der Waals surface area contributed by atoms with Gasteiger partial charge in [-0.05, 0) is 31.2 Å². The van der Waals surface area contributed by atoms with Crippen molar-refractivity contribution < 1.29 is 0 Å². The first-order chi connectivity index (χ1) is 8.17. The minimum atomic E-state index is 0.376. The molecule has 88 valence electrons. The van der Waals surface area contributed by atoms with E-state index in [0.29, 0.717) is 16.8 Å². The molecule has 0 radical (unpaired) electrons. The summed E-state index contributed by atoms with van der Waals surface area (Å²) in [6.45, 7) is 1.87. The van der Waals surface area contributed by atoms with Gasteiger partial charge in [-0.3, -0.25) is 5.43 Å². The summed E-state index contributed by atoms with van der Waals surface area (Å²) >= 11 is 5.81. The Morgan fingerprint density at radius 2 is 1.88 bits per heavy atom. The van der Waals surface area contributed by atoms with Gasteiger partial charge in [0.2, 0.25) is 5.95 Å². The smallest absolute Gasteiger partial charge is 0.239 e. The van der Waals surface area contributed by atoms with Crippen molar-refractivity contribution in [1.29, 1.82) is 0 Å². The fraction of sp³-hybridized carbons (Fsp3) is 0.0909. The average Bonchev–Trinajstić information content (AvgIpc) is 2.31. The lowest BCUT2D eigenvalue weighted by atomic mass is 10.3. The van der Waals surface area contributed by atoms with Crippen LogP contribution in [-0.2, 0) is 0 Å². The van der Waals surface area contributed by atoms with Gasteiger partial charge in [0.05, 0.1) is 0 Å². The molecule has 0 bridgehead atoms. The first kappa shape index (κ1) is 11.6. The lowest BCUT2D eigenvalue weighted by Crippen LogP contribution is -2.11. The topological polar surface area (TPSA) is 75.9 Å². The number of nitrogen functional groups attached to an aromatic ring is 1. The number of nitrogens with one attached hydrogen (secondary N) is 2. The van der Waals surface area contributed by atoms with Crippen molar-refractivity contribution in [2.75, 3.05) is 10.7 Å². The number of hydrazine groups is 1. The van der Waals surface area contributed by atoms with Gasteiger partial charge in [-0.2, -0.15) is 4.98 Å². The van der Waals surface area contributed by atoms with Gasteiger partial charge in [0.1, 0.15) is 5.82 Å². The zero-order chi connectivity index (χ0) is 12.3. The number of hydrogen-bond donors (Lipinski definition) is 3. The number of anilines is 3. The Kier molecular flexibility index (Phi) is 3.41. The molecule has 0 aliphatic heterocycles. The number of halogens is 1. The highest BCUT2D eigenvalue weighted by Gasteiger charge is 2.01. The van der Waals surface area contributed by atoms with Crippen molar-refractivity contribution in [1.82, 2.24) is 9.97 Å². The molecule has 0 unspecified atom stereocenters. The molecule has 1 heterocycles. The lowest BCUT2D eigenvalue weighted by molar-refractivity contribution is 1.07. The molecule has 0 fully saturated rings. The van der Waals surface area contributed by atoms with Gasteiger partial charge >= 0.3 is 0 Å². The van der Waals surface area contributed by atoms with E-state index in [4.69, 9.17) is 17.4 Å². The maximum Gasteiger partial charge on any atom is 0.239 e. The maximum atomic E-state index is 5.81. The minimum Gasteiger partial charge on any atom is -0.340 e. The van der Waals surface area contributed by atoms with Gasteiger partial charge in [-0.25, -0.2) is 10.8 Å². The number of rotatable bonds is 3. The SMILES string of the molecule is Cc1cc(Nc2ccc(Cl)cc2)nc(NN)n1. The van der Waals surface area contributed by atoms with Gasteiger partial charge < -0.3 is 5.32 Å². The van der Waals surface area contributed by atoms with E-state index in [9.17, 15) is 0 Å². The van der Waals surface area contributed by atoms with Crippen LogP contribution in [0, 0.1) is 6.92 Å². The minimum absolute atomic E-state index is 0.376. The second-order valence-electron chi connectivity index (χ2n) is 3.49.